The van der Waals surface area contributed by atoms with Crippen LogP contribution in [-0.2, 0) is 9.53 Å². The predicted molar refractivity (Wildman–Crippen MR) is 64.9 cm³/mol. The number of nitrogens with two attached hydrogens (primary N) is 1. The smallest absolute Gasteiger partial charge is 0.267 e. The van der Waals surface area contributed by atoms with Crippen LogP contribution in [-0.4, -0.2) is 30.0 Å². The molecule has 18 heavy (non-hydrogen) atoms. The molecule has 0 aromatic carbocycles. The Morgan fingerprint density at radius 2 is 2.33 bits per heavy atom. The molecule has 0 aliphatic carbocycles. The Balaban J connectivity index is 1.88. The first-order chi connectivity index (χ1) is 8.65. The van der Waals surface area contributed by atoms with E-state index in [9.17, 15) is 9.59 Å². The Hall–Kier alpha value is -1.95. The Kier molecular flexibility index (Phi) is 3.88. The highest BCUT2D eigenvalue weighted by atomic mass is 16.5. The number of nitrogens with one attached hydrogen (secondary N) is 1. The molecule has 1 fully saturated rings. The molecule has 1 aliphatic heterocycles. The molecular weight excluding hydrogens is 234 g/mol. The van der Waals surface area contributed by atoms with Gasteiger partial charge in [0.25, 0.3) is 5.91 Å². The maximum Gasteiger partial charge on any atom is 0.267 e. The van der Waals surface area contributed by atoms with E-state index in [-0.39, 0.29) is 11.6 Å². The minimum atomic E-state index is -0.587. The lowest BCUT2D eigenvalue weighted by atomic mass is 10.0. The Morgan fingerprint density at radius 3 is 2.89 bits per heavy atom. The van der Waals surface area contributed by atoms with E-state index >= 15 is 0 Å². The van der Waals surface area contributed by atoms with Gasteiger partial charge in [-0.25, -0.2) is 4.98 Å². The summed E-state index contributed by atoms with van der Waals surface area (Å²) in [6, 6.07) is 3.09. The van der Waals surface area contributed by atoms with Gasteiger partial charge in [0.15, 0.2) is 0 Å². The highest BCUT2D eigenvalue weighted by Gasteiger charge is 2.19. The van der Waals surface area contributed by atoms with Crippen molar-refractivity contribution in [2.75, 3.05) is 18.5 Å². The van der Waals surface area contributed by atoms with Crippen LogP contribution in [0.2, 0.25) is 0 Å². The van der Waals surface area contributed by atoms with Crippen molar-refractivity contribution in [3.8, 4) is 0 Å². The molecule has 0 saturated carbocycles. The van der Waals surface area contributed by atoms with Crippen molar-refractivity contribution in [3.63, 3.8) is 0 Å². The molecule has 1 aromatic heterocycles. The van der Waals surface area contributed by atoms with E-state index in [2.05, 4.69) is 10.3 Å². The summed E-state index contributed by atoms with van der Waals surface area (Å²) in [6.45, 7) is 1.37. The fourth-order valence-corrected chi connectivity index (χ4v) is 1.83. The number of carbonyl (C=O) groups excluding carboxylic acids is 2. The molecule has 1 aliphatic rings. The van der Waals surface area contributed by atoms with Gasteiger partial charge >= 0.3 is 0 Å². The average molecular weight is 249 g/mol. The highest BCUT2D eigenvalue weighted by Crippen LogP contribution is 2.17. The number of amides is 2. The summed E-state index contributed by atoms with van der Waals surface area (Å²) in [5, 5.41) is 2.73. The van der Waals surface area contributed by atoms with Crippen LogP contribution >= 0.6 is 0 Å². The first kappa shape index (κ1) is 12.5. The van der Waals surface area contributed by atoms with Crippen molar-refractivity contribution in [2.24, 2.45) is 11.7 Å². The molecule has 96 valence electrons. The molecule has 0 radical (unpaired) electrons. The first-order valence-electron chi connectivity index (χ1n) is 5.78. The van der Waals surface area contributed by atoms with E-state index in [0.717, 1.165) is 13.0 Å². The lowest BCUT2D eigenvalue weighted by molar-refractivity contribution is -0.117. The fourth-order valence-electron chi connectivity index (χ4n) is 1.83. The number of anilines is 1. The minimum absolute atomic E-state index is 0.0703. The van der Waals surface area contributed by atoms with Gasteiger partial charge in [0, 0.05) is 19.6 Å². The predicted octanol–water partition coefficient (Wildman–Crippen LogP) is 0.546. The molecule has 1 saturated heterocycles. The van der Waals surface area contributed by atoms with Gasteiger partial charge in [0.2, 0.25) is 5.91 Å². The van der Waals surface area contributed by atoms with Crippen molar-refractivity contribution >= 4 is 17.5 Å². The monoisotopic (exact) mass is 249 g/mol. The van der Waals surface area contributed by atoms with Crippen LogP contribution in [0, 0.1) is 5.92 Å². The molecule has 2 heterocycles. The number of ether oxygens (including phenoxy) is 1. The van der Waals surface area contributed by atoms with Crippen LogP contribution in [0.15, 0.2) is 18.3 Å². The van der Waals surface area contributed by atoms with Crippen LogP contribution in [0.3, 0.4) is 0 Å². The highest BCUT2D eigenvalue weighted by molar-refractivity contribution is 5.93. The molecule has 6 heteroatoms. The van der Waals surface area contributed by atoms with Gasteiger partial charge in [-0.05, 0) is 24.5 Å². The van der Waals surface area contributed by atoms with Gasteiger partial charge in [0.05, 0.1) is 11.9 Å². The van der Waals surface area contributed by atoms with Crippen LogP contribution in [0.25, 0.3) is 0 Å². The van der Waals surface area contributed by atoms with Crippen LogP contribution < -0.4 is 11.1 Å². The standard InChI is InChI=1S/C12H15N3O3/c13-12(17)10-2-1-9(6-14-10)15-11(16)5-8-3-4-18-7-8/h1-2,6,8H,3-5,7H2,(H2,13,17)(H,15,16). The molecule has 1 atom stereocenters. The summed E-state index contributed by atoms with van der Waals surface area (Å²) < 4.78 is 5.21. The largest absolute Gasteiger partial charge is 0.381 e. The number of primary amides is 1. The Labute approximate surface area is 105 Å². The quantitative estimate of drug-likeness (QED) is 0.814. The van der Waals surface area contributed by atoms with Crippen LogP contribution in [0.5, 0.6) is 0 Å². The zero-order valence-corrected chi connectivity index (χ0v) is 9.89. The molecule has 0 bridgehead atoms. The second kappa shape index (κ2) is 5.59. The number of hydrogen-bond donors (Lipinski definition) is 2. The summed E-state index contributed by atoms with van der Waals surface area (Å²) >= 11 is 0. The molecule has 2 rings (SSSR count). The van der Waals surface area contributed by atoms with Crippen molar-refractivity contribution in [3.05, 3.63) is 24.0 Å². The van der Waals surface area contributed by atoms with Crippen LogP contribution in [0.1, 0.15) is 23.3 Å². The zero-order chi connectivity index (χ0) is 13.0. The zero-order valence-electron chi connectivity index (χ0n) is 9.89. The second-order valence-corrected chi connectivity index (χ2v) is 4.28. The van der Waals surface area contributed by atoms with Gasteiger partial charge in [-0.15, -0.1) is 0 Å². The lowest BCUT2D eigenvalue weighted by Crippen LogP contribution is -2.17. The Bertz CT molecular complexity index is 438. The fraction of sp³-hybridized carbons (Fsp3) is 0.417. The van der Waals surface area contributed by atoms with E-state index < -0.39 is 5.91 Å². The van der Waals surface area contributed by atoms with E-state index in [1.165, 1.54) is 12.3 Å². The summed E-state index contributed by atoms with van der Waals surface area (Å²) in [7, 11) is 0. The number of nitrogens with zero attached hydrogens (tertiary/aromatic N) is 1. The number of hydrogen-bond acceptors (Lipinski definition) is 4. The van der Waals surface area contributed by atoms with E-state index in [1.807, 2.05) is 0 Å². The summed E-state index contributed by atoms with van der Waals surface area (Å²) in [4.78, 5) is 26.4. The van der Waals surface area contributed by atoms with Gasteiger partial charge in [-0.2, -0.15) is 0 Å². The SMILES string of the molecule is NC(=O)c1ccc(NC(=O)CC2CCOC2)cn1. The van der Waals surface area contributed by atoms with E-state index in [4.69, 9.17) is 10.5 Å². The average Bonchev–Trinajstić information content (AvgIpc) is 2.82. The molecule has 0 spiro atoms. The molecule has 1 aromatic rings. The summed E-state index contributed by atoms with van der Waals surface area (Å²) in [5.41, 5.74) is 5.81. The maximum atomic E-state index is 11.7. The summed E-state index contributed by atoms with van der Waals surface area (Å²) in [6.07, 6.45) is 2.78. The van der Waals surface area contributed by atoms with Crippen molar-refractivity contribution in [2.45, 2.75) is 12.8 Å². The van der Waals surface area contributed by atoms with Gasteiger partial charge < -0.3 is 15.8 Å². The molecular formula is C12H15N3O3. The van der Waals surface area contributed by atoms with E-state index in [0.29, 0.717) is 24.6 Å². The number of pyridine rings is 1. The molecule has 2 amide bonds. The van der Waals surface area contributed by atoms with Gasteiger partial charge in [0.1, 0.15) is 5.69 Å². The van der Waals surface area contributed by atoms with Crippen molar-refractivity contribution in [1.82, 2.24) is 4.98 Å². The normalized spacial score (nSPS) is 18.6. The van der Waals surface area contributed by atoms with Crippen LogP contribution in [0.4, 0.5) is 5.69 Å². The van der Waals surface area contributed by atoms with Crippen molar-refractivity contribution in [1.29, 1.82) is 0 Å². The number of rotatable bonds is 4. The Morgan fingerprint density at radius 1 is 1.50 bits per heavy atom. The molecule has 3 N–H and O–H groups in total. The van der Waals surface area contributed by atoms with Gasteiger partial charge in [-0.1, -0.05) is 0 Å². The minimum Gasteiger partial charge on any atom is -0.381 e. The maximum absolute atomic E-state index is 11.7. The third-order valence-corrected chi connectivity index (χ3v) is 2.80. The molecule has 6 nitrogen and oxygen atoms in total. The van der Waals surface area contributed by atoms with Crippen molar-refractivity contribution < 1.29 is 14.3 Å². The number of aromatic nitrogens is 1. The van der Waals surface area contributed by atoms with E-state index in [1.54, 1.807) is 6.07 Å². The topological polar surface area (TPSA) is 94.3 Å². The third kappa shape index (κ3) is 3.27. The molecule has 1 unspecified atom stereocenters. The van der Waals surface area contributed by atoms with Gasteiger partial charge in [-0.3, -0.25) is 9.59 Å². The first-order valence-corrected chi connectivity index (χ1v) is 5.78. The lowest BCUT2D eigenvalue weighted by Gasteiger charge is -2.08. The third-order valence-electron chi connectivity index (χ3n) is 2.80. The number of carbonyl (C=O) groups is 2. The second-order valence-electron chi connectivity index (χ2n) is 4.28. The summed E-state index contributed by atoms with van der Waals surface area (Å²) in [5.74, 6) is -0.363.